The number of rotatable bonds is 10. The quantitative estimate of drug-likeness (QED) is 0.193. The summed E-state index contributed by atoms with van der Waals surface area (Å²) in [6, 6.07) is 32.1. The van der Waals surface area contributed by atoms with Crippen LogP contribution in [0.1, 0.15) is 34.8 Å². The van der Waals surface area contributed by atoms with E-state index in [1.807, 2.05) is 78.9 Å². The zero-order valence-corrected chi connectivity index (χ0v) is 23.1. The highest BCUT2D eigenvalue weighted by molar-refractivity contribution is 9.10. The number of methoxy groups -OCH3 is 1. The Hall–Kier alpha value is -3.45. The molecule has 2 unspecified atom stereocenters. The standard InChI is InChI=1S/C32H31BrN2O3/c1-35(22-23-10-5-3-6-11-23)18-17-32(36,29-14-9-19-38-29)30(24-12-7-4-8-13-24)27-21-25-20-26(33)15-16-28(25)34-31(27)37-2/h3-16,19-21,30,36H,17-18,22H2,1-2H3. The first kappa shape index (κ1) is 26.2. The number of halogens is 1. The van der Waals surface area contributed by atoms with Crippen LogP contribution in [0, 0.1) is 0 Å². The number of hydrogen-bond acceptors (Lipinski definition) is 5. The van der Waals surface area contributed by atoms with Gasteiger partial charge in [0.15, 0.2) is 0 Å². The van der Waals surface area contributed by atoms with Crippen LogP contribution in [0.15, 0.2) is 112 Å². The van der Waals surface area contributed by atoms with Crippen molar-refractivity contribution in [3.8, 4) is 5.88 Å². The molecule has 0 aliphatic heterocycles. The maximum Gasteiger partial charge on any atom is 0.217 e. The molecule has 2 aromatic heterocycles. The Morgan fingerprint density at radius 1 is 0.974 bits per heavy atom. The second-order valence-corrected chi connectivity index (χ2v) is 10.6. The first-order valence-electron chi connectivity index (χ1n) is 12.7. The number of aromatic nitrogens is 1. The van der Waals surface area contributed by atoms with Crippen molar-refractivity contribution < 1.29 is 14.3 Å². The van der Waals surface area contributed by atoms with Gasteiger partial charge in [-0.3, -0.25) is 0 Å². The normalized spacial score (nSPS) is 13.9. The van der Waals surface area contributed by atoms with Gasteiger partial charge in [-0.05, 0) is 61.0 Å². The minimum atomic E-state index is -1.37. The lowest BCUT2D eigenvalue weighted by molar-refractivity contribution is -0.0174. The number of fused-ring (bicyclic) bond motifs is 1. The van der Waals surface area contributed by atoms with E-state index in [1.165, 1.54) is 5.56 Å². The summed E-state index contributed by atoms with van der Waals surface area (Å²) in [5.41, 5.74) is 2.43. The molecule has 0 saturated heterocycles. The van der Waals surface area contributed by atoms with E-state index in [9.17, 15) is 5.11 Å². The summed E-state index contributed by atoms with van der Waals surface area (Å²) in [7, 11) is 3.70. The van der Waals surface area contributed by atoms with Gasteiger partial charge in [0.05, 0.1) is 24.8 Å². The van der Waals surface area contributed by atoms with Crippen LogP contribution >= 0.6 is 15.9 Å². The van der Waals surface area contributed by atoms with E-state index in [1.54, 1.807) is 13.4 Å². The molecule has 5 nitrogen and oxygen atoms in total. The van der Waals surface area contributed by atoms with Gasteiger partial charge < -0.3 is 19.2 Å². The van der Waals surface area contributed by atoms with E-state index in [4.69, 9.17) is 14.1 Å². The van der Waals surface area contributed by atoms with Gasteiger partial charge >= 0.3 is 0 Å². The van der Waals surface area contributed by atoms with Crippen molar-refractivity contribution in [2.45, 2.75) is 24.5 Å². The number of nitrogens with zero attached hydrogens (tertiary/aromatic N) is 2. The van der Waals surface area contributed by atoms with Crippen molar-refractivity contribution in [3.63, 3.8) is 0 Å². The van der Waals surface area contributed by atoms with Crippen LogP contribution in [-0.2, 0) is 12.1 Å². The van der Waals surface area contributed by atoms with Crippen LogP contribution in [0.25, 0.3) is 10.9 Å². The van der Waals surface area contributed by atoms with E-state index in [0.717, 1.165) is 33.0 Å². The number of aliphatic hydroxyl groups is 1. The van der Waals surface area contributed by atoms with E-state index in [0.29, 0.717) is 24.6 Å². The molecule has 2 heterocycles. The molecule has 0 amide bonds. The Morgan fingerprint density at radius 2 is 1.71 bits per heavy atom. The minimum Gasteiger partial charge on any atom is -0.481 e. The molecule has 5 rings (SSSR count). The third kappa shape index (κ3) is 5.53. The van der Waals surface area contributed by atoms with E-state index in [2.05, 4.69) is 46.1 Å². The molecule has 0 aliphatic carbocycles. The molecule has 38 heavy (non-hydrogen) atoms. The highest BCUT2D eigenvalue weighted by Crippen LogP contribution is 2.47. The summed E-state index contributed by atoms with van der Waals surface area (Å²) in [5.74, 6) is 0.498. The molecule has 0 saturated carbocycles. The zero-order valence-electron chi connectivity index (χ0n) is 21.5. The Kier molecular flexibility index (Phi) is 7.93. The molecule has 0 aliphatic rings. The highest BCUT2D eigenvalue weighted by Gasteiger charge is 2.44. The van der Waals surface area contributed by atoms with E-state index < -0.39 is 11.5 Å². The lowest BCUT2D eigenvalue weighted by atomic mass is 9.74. The lowest BCUT2D eigenvalue weighted by Gasteiger charge is -2.37. The van der Waals surface area contributed by atoms with E-state index >= 15 is 0 Å². The van der Waals surface area contributed by atoms with Gasteiger partial charge in [0.2, 0.25) is 5.88 Å². The number of hydrogen-bond donors (Lipinski definition) is 1. The number of ether oxygens (including phenoxy) is 1. The third-order valence-electron chi connectivity index (χ3n) is 7.00. The van der Waals surface area contributed by atoms with Crippen molar-refractivity contribution in [2.24, 2.45) is 0 Å². The van der Waals surface area contributed by atoms with Crippen LogP contribution in [0.2, 0.25) is 0 Å². The topological polar surface area (TPSA) is 58.7 Å². The first-order chi connectivity index (χ1) is 18.5. The Labute approximate surface area is 231 Å². The molecular weight excluding hydrogens is 540 g/mol. The third-order valence-corrected chi connectivity index (χ3v) is 7.50. The Balaban J connectivity index is 1.61. The van der Waals surface area contributed by atoms with Crippen molar-refractivity contribution in [1.29, 1.82) is 0 Å². The number of pyridine rings is 1. The first-order valence-corrected chi connectivity index (χ1v) is 13.4. The molecule has 194 valence electrons. The van der Waals surface area contributed by atoms with Gasteiger partial charge in [-0.15, -0.1) is 0 Å². The van der Waals surface area contributed by atoms with Crippen LogP contribution < -0.4 is 4.74 Å². The monoisotopic (exact) mass is 570 g/mol. The zero-order chi connectivity index (χ0) is 26.5. The maximum atomic E-state index is 12.7. The molecular formula is C32H31BrN2O3. The summed E-state index contributed by atoms with van der Waals surface area (Å²) in [6.45, 7) is 1.42. The molecule has 0 radical (unpaired) electrons. The van der Waals surface area contributed by atoms with Gasteiger partial charge in [-0.25, -0.2) is 4.98 Å². The molecule has 3 aromatic carbocycles. The minimum absolute atomic E-state index is 0.434. The summed E-state index contributed by atoms with van der Waals surface area (Å²) in [4.78, 5) is 7.05. The molecule has 0 spiro atoms. The molecule has 0 fully saturated rings. The van der Waals surface area contributed by atoms with E-state index in [-0.39, 0.29) is 0 Å². The van der Waals surface area contributed by atoms with Crippen LogP contribution in [-0.4, -0.2) is 35.7 Å². The maximum absolute atomic E-state index is 12.7. The summed E-state index contributed by atoms with van der Waals surface area (Å²) in [5, 5.41) is 13.6. The van der Waals surface area contributed by atoms with Gasteiger partial charge in [-0.2, -0.15) is 0 Å². The second kappa shape index (κ2) is 11.5. The van der Waals surface area contributed by atoms with Crippen molar-refractivity contribution in [1.82, 2.24) is 9.88 Å². The summed E-state index contributed by atoms with van der Waals surface area (Å²) >= 11 is 3.58. The van der Waals surface area contributed by atoms with Crippen LogP contribution in [0.5, 0.6) is 5.88 Å². The van der Waals surface area contributed by atoms with Gasteiger partial charge in [0.25, 0.3) is 0 Å². The fraction of sp³-hybridized carbons (Fsp3) is 0.219. The van der Waals surface area contributed by atoms with Crippen LogP contribution in [0.3, 0.4) is 0 Å². The summed E-state index contributed by atoms with van der Waals surface area (Å²) in [6.07, 6.45) is 2.05. The Morgan fingerprint density at radius 3 is 2.39 bits per heavy atom. The van der Waals surface area contributed by atoms with Crippen molar-refractivity contribution >= 4 is 26.8 Å². The lowest BCUT2D eigenvalue weighted by Crippen LogP contribution is -2.38. The highest BCUT2D eigenvalue weighted by atomic mass is 79.9. The predicted molar refractivity (Wildman–Crippen MR) is 154 cm³/mol. The average molecular weight is 572 g/mol. The molecule has 6 heteroatoms. The fourth-order valence-electron chi connectivity index (χ4n) is 5.14. The predicted octanol–water partition coefficient (Wildman–Crippen LogP) is 7.14. The Bertz CT molecular complexity index is 1480. The SMILES string of the molecule is COc1nc2ccc(Br)cc2cc1C(c1ccccc1)C(O)(CCN(C)Cc1ccccc1)c1ccco1. The molecule has 5 aromatic rings. The average Bonchev–Trinajstić information content (AvgIpc) is 3.49. The van der Waals surface area contributed by atoms with Gasteiger partial charge in [0, 0.05) is 28.5 Å². The van der Waals surface area contributed by atoms with Crippen LogP contribution in [0.4, 0.5) is 0 Å². The molecule has 0 bridgehead atoms. The van der Waals surface area contributed by atoms with Crippen molar-refractivity contribution in [2.75, 3.05) is 20.7 Å². The second-order valence-electron chi connectivity index (χ2n) is 9.64. The largest absolute Gasteiger partial charge is 0.481 e. The number of benzene rings is 3. The fourth-order valence-corrected chi connectivity index (χ4v) is 5.52. The van der Waals surface area contributed by atoms with Crippen molar-refractivity contribution in [3.05, 3.63) is 130 Å². The molecule has 1 N–H and O–H groups in total. The van der Waals surface area contributed by atoms with Gasteiger partial charge in [-0.1, -0.05) is 76.6 Å². The van der Waals surface area contributed by atoms with Gasteiger partial charge in [0.1, 0.15) is 11.4 Å². The molecule has 2 atom stereocenters. The smallest absolute Gasteiger partial charge is 0.217 e. The number of furan rings is 1. The summed E-state index contributed by atoms with van der Waals surface area (Å²) < 4.78 is 12.7.